The first-order chi connectivity index (χ1) is 11.4. The van der Waals surface area contributed by atoms with Crippen molar-refractivity contribution in [1.82, 2.24) is 5.32 Å². The number of nitrogens with zero attached hydrogens (tertiary/aromatic N) is 1. The Morgan fingerprint density at radius 3 is 2.50 bits per heavy atom. The van der Waals surface area contributed by atoms with Crippen LogP contribution >= 0.6 is 11.6 Å². The molecule has 0 aliphatic heterocycles. The summed E-state index contributed by atoms with van der Waals surface area (Å²) >= 11 is 5.87. The lowest BCUT2D eigenvalue weighted by atomic mass is 9.96. The predicted molar refractivity (Wildman–Crippen MR) is 88.2 cm³/mol. The molecule has 1 N–H and O–H groups in total. The Labute approximate surface area is 145 Å². The van der Waals surface area contributed by atoms with Gasteiger partial charge in [-0.05, 0) is 56.2 Å². The molecule has 0 heterocycles. The van der Waals surface area contributed by atoms with Crippen LogP contribution in [0.25, 0.3) is 0 Å². The Hall–Kier alpha value is -2.06. The van der Waals surface area contributed by atoms with Gasteiger partial charge in [-0.25, -0.2) is 0 Å². The molecule has 3 rings (SSSR count). The lowest BCUT2D eigenvalue weighted by Gasteiger charge is -2.23. The van der Waals surface area contributed by atoms with Gasteiger partial charge in [0.05, 0.1) is 11.5 Å². The van der Waals surface area contributed by atoms with Crippen molar-refractivity contribution in [3.05, 3.63) is 34.9 Å². The molecule has 1 aromatic rings. The molecule has 0 aromatic heterocycles. The van der Waals surface area contributed by atoms with Gasteiger partial charge in [-0.2, -0.15) is 5.26 Å². The van der Waals surface area contributed by atoms with Gasteiger partial charge in [0.25, 0.3) is 5.91 Å². The zero-order chi connectivity index (χ0) is 17.4. The molecule has 0 unspecified atom stereocenters. The number of carbonyl (C=O) groups excluding carboxylic acids is 2. The second-order valence-electron chi connectivity index (χ2n) is 6.80. The monoisotopic (exact) mass is 346 g/mol. The lowest BCUT2D eigenvalue weighted by molar-refractivity contribution is -0.151. The molecule has 6 heteroatoms. The van der Waals surface area contributed by atoms with Gasteiger partial charge in [0.15, 0.2) is 6.61 Å². The van der Waals surface area contributed by atoms with Gasteiger partial charge >= 0.3 is 5.97 Å². The fourth-order valence-corrected chi connectivity index (χ4v) is 3.11. The summed E-state index contributed by atoms with van der Waals surface area (Å²) in [6, 6.07) is 9.26. The van der Waals surface area contributed by atoms with Crippen LogP contribution in [-0.2, 0) is 19.7 Å². The molecule has 0 saturated heterocycles. The Morgan fingerprint density at radius 2 is 2.00 bits per heavy atom. The predicted octanol–water partition coefficient (Wildman–Crippen LogP) is 2.72. The molecule has 0 spiro atoms. The molecule has 126 valence electrons. The van der Waals surface area contributed by atoms with E-state index >= 15 is 0 Å². The largest absolute Gasteiger partial charge is 0.455 e. The van der Waals surface area contributed by atoms with Crippen molar-refractivity contribution in [2.24, 2.45) is 5.92 Å². The summed E-state index contributed by atoms with van der Waals surface area (Å²) in [5.41, 5.74) is -0.672. The van der Waals surface area contributed by atoms with Crippen LogP contribution in [0.3, 0.4) is 0 Å². The van der Waals surface area contributed by atoms with E-state index in [-0.39, 0.29) is 12.5 Å². The van der Waals surface area contributed by atoms with Crippen LogP contribution in [0, 0.1) is 17.2 Å². The zero-order valence-electron chi connectivity index (χ0n) is 13.5. The number of benzene rings is 1. The van der Waals surface area contributed by atoms with Crippen molar-refractivity contribution in [3.63, 3.8) is 0 Å². The maximum Gasteiger partial charge on any atom is 0.317 e. The van der Waals surface area contributed by atoms with Gasteiger partial charge in [0.2, 0.25) is 0 Å². The smallest absolute Gasteiger partial charge is 0.317 e. The SMILES string of the molecule is C[C@](C#N)(NC(=O)COC(=O)C1(c2ccc(Cl)cc2)CC1)C1CC1. The van der Waals surface area contributed by atoms with Crippen molar-refractivity contribution in [3.8, 4) is 6.07 Å². The average Bonchev–Trinajstić information content (AvgIpc) is 3.45. The highest BCUT2D eigenvalue weighted by atomic mass is 35.5. The van der Waals surface area contributed by atoms with Crippen LogP contribution < -0.4 is 5.32 Å². The maximum absolute atomic E-state index is 12.4. The van der Waals surface area contributed by atoms with Gasteiger partial charge in [-0.3, -0.25) is 9.59 Å². The quantitative estimate of drug-likeness (QED) is 0.803. The molecule has 24 heavy (non-hydrogen) atoms. The van der Waals surface area contributed by atoms with Crippen molar-refractivity contribution in [2.45, 2.75) is 43.6 Å². The molecule has 2 aliphatic carbocycles. The van der Waals surface area contributed by atoms with E-state index in [2.05, 4.69) is 11.4 Å². The van der Waals surface area contributed by atoms with Gasteiger partial charge in [0.1, 0.15) is 5.54 Å². The summed E-state index contributed by atoms with van der Waals surface area (Å²) < 4.78 is 5.21. The fourth-order valence-electron chi connectivity index (χ4n) is 2.98. The highest BCUT2D eigenvalue weighted by Crippen LogP contribution is 2.49. The second kappa shape index (κ2) is 6.10. The van der Waals surface area contributed by atoms with Gasteiger partial charge in [-0.15, -0.1) is 0 Å². The molecule has 0 bridgehead atoms. The van der Waals surface area contributed by atoms with Gasteiger partial charge < -0.3 is 10.1 Å². The number of ether oxygens (including phenoxy) is 1. The van der Waals surface area contributed by atoms with Gasteiger partial charge in [-0.1, -0.05) is 23.7 Å². The average molecular weight is 347 g/mol. The first kappa shape index (κ1) is 16.8. The number of hydrogen-bond acceptors (Lipinski definition) is 4. The third-order valence-corrected chi connectivity index (χ3v) is 5.15. The van der Waals surface area contributed by atoms with Crippen LogP contribution in [0.2, 0.25) is 5.02 Å². The number of hydrogen-bond donors (Lipinski definition) is 1. The second-order valence-corrected chi connectivity index (χ2v) is 7.24. The highest BCUT2D eigenvalue weighted by molar-refractivity contribution is 6.30. The van der Waals surface area contributed by atoms with Crippen LogP contribution in [0.15, 0.2) is 24.3 Å². The van der Waals surface area contributed by atoms with E-state index in [9.17, 15) is 14.9 Å². The molecule has 1 amide bonds. The van der Waals surface area contributed by atoms with Crippen LogP contribution in [0.1, 0.15) is 38.2 Å². The maximum atomic E-state index is 12.4. The van der Waals surface area contributed by atoms with E-state index in [0.717, 1.165) is 18.4 Å². The number of nitriles is 1. The van der Waals surface area contributed by atoms with Crippen LogP contribution in [0.5, 0.6) is 0 Å². The molecule has 1 atom stereocenters. The third-order valence-electron chi connectivity index (χ3n) is 4.90. The first-order valence-corrected chi connectivity index (χ1v) is 8.43. The molecular weight excluding hydrogens is 328 g/mol. The minimum Gasteiger partial charge on any atom is -0.455 e. The Morgan fingerprint density at radius 1 is 1.38 bits per heavy atom. The first-order valence-electron chi connectivity index (χ1n) is 8.05. The molecule has 2 fully saturated rings. The third kappa shape index (κ3) is 3.25. The normalized spacial score (nSPS) is 20.4. The van der Waals surface area contributed by atoms with Crippen LogP contribution in [0.4, 0.5) is 0 Å². The molecule has 5 nitrogen and oxygen atoms in total. The fraction of sp³-hybridized carbons (Fsp3) is 0.500. The number of halogens is 1. The van der Waals surface area contributed by atoms with E-state index in [1.165, 1.54) is 0 Å². The summed E-state index contributed by atoms with van der Waals surface area (Å²) in [6.45, 7) is 1.35. The molecule has 1 aromatic carbocycles. The standard InChI is InChI=1S/C18H19ClN2O3/c1-17(11-20,12-2-3-12)21-15(22)10-24-16(23)18(8-9-18)13-4-6-14(19)7-5-13/h4-7,12H,2-3,8-10H2,1H3,(H,21,22)/t17-/m1/s1. The van der Waals surface area contributed by atoms with Gasteiger partial charge in [0, 0.05) is 5.02 Å². The van der Waals surface area contributed by atoms with E-state index < -0.39 is 22.8 Å². The topological polar surface area (TPSA) is 79.2 Å². The number of nitrogens with one attached hydrogen (secondary N) is 1. The number of rotatable bonds is 6. The number of esters is 1. The molecule has 2 aliphatic rings. The number of amides is 1. The minimum atomic E-state index is -0.878. The summed E-state index contributed by atoms with van der Waals surface area (Å²) in [6.07, 6.45) is 3.27. The van der Waals surface area contributed by atoms with Crippen molar-refractivity contribution >= 4 is 23.5 Å². The molecular formula is C18H19ClN2O3. The van der Waals surface area contributed by atoms with Crippen molar-refractivity contribution in [2.75, 3.05) is 6.61 Å². The summed E-state index contributed by atoms with van der Waals surface area (Å²) in [5, 5.41) is 12.5. The lowest BCUT2D eigenvalue weighted by Crippen LogP contribution is -2.48. The highest BCUT2D eigenvalue weighted by Gasteiger charge is 2.53. The zero-order valence-corrected chi connectivity index (χ0v) is 14.2. The van der Waals surface area contributed by atoms with Crippen LogP contribution in [-0.4, -0.2) is 24.0 Å². The van der Waals surface area contributed by atoms with E-state index in [0.29, 0.717) is 17.9 Å². The summed E-state index contributed by atoms with van der Waals surface area (Å²) in [4.78, 5) is 24.4. The molecule has 0 radical (unpaired) electrons. The summed E-state index contributed by atoms with van der Waals surface area (Å²) in [5.74, 6) is -0.651. The molecule has 2 saturated carbocycles. The minimum absolute atomic E-state index is 0.186. The van der Waals surface area contributed by atoms with E-state index in [4.69, 9.17) is 16.3 Å². The Balaban J connectivity index is 1.56. The Kier molecular flexibility index (Phi) is 4.27. The van der Waals surface area contributed by atoms with E-state index in [1.807, 2.05) is 12.1 Å². The van der Waals surface area contributed by atoms with Crippen molar-refractivity contribution in [1.29, 1.82) is 5.26 Å². The Bertz CT molecular complexity index is 702. The van der Waals surface area contributed by atoms with Crippen molar-refractivity contribution < 1.29 is 14.3 Å². The van der Waals surface area contributed by atoms with E-state index in [1.54, 1.807) is 19.1 Å². The summed E-state index contributed by atoms with van der Waals surface area (Å²) in [7, 11) is 0. The number of carbonyl (C=O) groups is 2.